The highest BCUT2D eigenvalue weighted by atomic mass is 32.1. The first-order valence-electron chi connectivity index (χ1n) is 12.8. The molecule has 0 bridgehead atoms. The molecule has 1 aliphatic carbocycles. The maximum atomic E-state index is 15.6. The molecule has 0 atom stereocenters. The second-order valence-corrected chi connectivity index (χ2v) is 12.8. The summed E-state index contributed by atoms with van der Waals surface area (Å²) < 4.78 is 103. The molecule has 1 aliphatic rings. The molecule has 4 heterocycles. The number of alkyl halides is 6. The van der Waals surface area contributed by atoms with Crippen LogP contribution in [0.2, 0.25) is 0 Å². The van der Waals surface area contributed by atoms with E-state index in [0.29, 0.717) is 4.88 Å². The Bertz CT molecular complexity index is 1950. The molecule has 0 saturated heterocycles. The van der Waals surface area contributed by atoms with E-state index >= 15 is 17.6 Å². The van der Waals surface area contributed by atoms with Crippen molar-refractivity contribution in [1.82, 2.24) is 0 Å². The van der Waals surface area contributed by atoms with Crippen molar-refractivity contribution < 1.29 is 35.2 Å². The van der Waals surface area contributed by atoms with Crippen LogP contribution in [-0.4, -0.2) is 17.8 Å². The molecule has 0 unspecified atom stereocenters. The maximum Gasteiger partial charge on any atom is 0.380 e. The quantitative estimate of drug-likeness (QED) is 0.185. The second-order valence-electron chi connectivity index (χ2n) is 9.99. The van der Waals surface area contributed by atoms with Gasteiger partial charge in [-0.2, -0.15) is 26.3 Å². The normalized spacial score (nSPS) is 17.2. The summed E-state index contributed by atoms with van der Waals surface area (Å²) in [7, 11) is 0. The van der Waals surface area contributed by atoms with Crippen molar-refractivity contribution in [2.75, 3.05) is 0 Å². The average molecular weight is 617 g/mol. The minimum Gasteiger partial charge on any atom is -0.464 e. The Hall–Kier alpha value is -3.76. The smallest absolute Gasteiger partial charge is 0.380 e. The number of thiophene rings is 2. The van der Waals surface area contributed by atoms with Gasteiger partial charge < -0.3 is 8.83 Å². The fraction of sp³-hybridized carbons (Fsp3) is 0.188. The molecule has 0 amide bonds. The number of rotatable bonds is 3. The minimum absolute atomic E-state index is 0.0227. The van der Waals surface area contributed by atoms with Crippen molar-refractivity contribution in [3.8, 4) is 10.6 Å². The van der Waals surface area contributed by atoms with Gasteiger partial charge in [0.25, 0.3) is 0 Å². The number of furan rings is 2. The Morgan fingerprint density at radius 1 is 0.595 bits per heavy atom. The van der Waals surface area contributed by atoms with Crippen LogP contribution in [0.4, 0.5) is 26.3 Å². The fourth-order valence-electron chi connectivity index (χ4n) is 5.16. The van der Waals surface area contributed by atoms with Crippen LogP contribution in [0.15, 0.2) is 87.9 Å². The third kappa shape index (κ3) is 4.22. The van der Waals surface area contributed by atoms with Crippen LogP contribution in [0.5, 0.6) is 0 Å². The third-order valence-corrected chi connectivity index (χ3v) is 9.02. The lowest BCUT2D eigenvalue weighted by molar-refractivity contribution is -0.254. The molecule has 7 rings (SSSR count). The monoisotopic (exact) mass is 616 g/mol. The van der Waals surface area contributed by atoms with Crippen molar-refractivity contribution in [3.05, 3.63) is 105 Å². The van der Waals surface area contributed by atoms with Crippen molar-refractivity contribution in [3.63, 3.8) is 0 Å². The first-order chi connectivity index (χ1) is 19.8. The Labute approximate surface area is 244 Å². The lowest BCUT2D eigenvalue weighted by Gasteiger charge is -2.25. The lowest BCUT2D eigenvalue weighted by Crippen LogP contribution is -2.48. The Morgan fingerprint density at radius 2 is 1.14 bits per heavy atom. The molecule has 0 radical (unpaired) electrons. The van der Waals surface area contributed by atoms with Crippen LogP contribution in [0.25, 0.3) is 43.7 Å². The SMILES string of the molecule is Cc1ccc(-c2oc3ccccc3c2C2=C(c3coc4ccccc34)C(F)(F)C(F)(F)C2(F)F)s1.Cc1ccc(C)s1. The standard InChI is InChI=1S/C26H14F6O2S.C6H8S/c1-13-10-11-19(35-13)23-20(15-7-3-5-9-18(15)34-23)22-21(24(27,28)26(31,32)25(22,29)30)16-12-33-17-8-4-2-6-14(16)17;1-5-3-4-6(2)7-5/h2-12H,1H3;3-4H,1-2H3. The van der Waals surface area contributed by atoms with Crippen molar-refractivity contribution >= 4 is 55.8 Å². The highest BCUT2D eigenvalue weighted by molar-refractivity contribution is 7.15. The van der Waals surface area contributed by atoms with Gasteiger partial charge >= 0.3 is 17.8 Å². The number of halogens is 6. The van der Waals surface area contributed by atoms with Gasteiger partial charge in [0.2, 0.25) is 0 Å². The number of fused-ring (bicyclic) bond motifs is 2. The zero-order chi connectivity index (χ0) is 30.0. The van der Waals surface area contributed by atoms with E-state index in [-0.39, 0.29) is 27.7 Å². The Kier molecular flexibility index (Phi) is 6.69. The van der Waals surface area contributed by atoms with Crippen LogP contribution in [0.1, 0.15) is 25.8 Å². The molecule has 0 spiro atoms. The van der Waals surface area contributed by atoms with Crippen LogP contribution in [0, 0.1) is 20.8 Å². The van der Waals surface area contributed by atoms with E-state index in [1.807, 2.05) is 11.3 Å². The van der Waals surface area contributed by atoms with Crippen LogP contribution in [-0.2, 0) is 0 Å². The van der Waals surface area contributed by atoms with Gasteiger partial charge in [-0.15, -0.1) is 22.7 Å². The molecule has 4 aromatic heterocycles. The molecule has 0 saturated carbocycles. The largest absolute Gasteiger partial charge is 0.464 e. The lowest BCUT2D eigenvalue weighted by atomic mass is 9.92. The van der Waals surface area contributed by atoms with Gasteiger partial charge in [-0.25, -0.2) is 0 Å². The van der Waals surface area contributed by atoms with E-state index in [4.69, 9.17) is 8.83 Å². The molecule has 0 fully saturated rings. The molecule has 0 aliphatic heterocycles. The van der Waals surface area contributed by atoms with E-state index in [1.165, 1.54) is 57.5 Å². The predicted molar refractivity (Wildman–Crippen MR) is 156 cm³/mol. The zero-order valence-electron chi connectivity index (χ0n) is 22.4. The van der Waals surface area contributed by atoms with Crippen molar-refractivity contribution in [2.24, 2.45) is 0 Å². The molecule has 2 aromatic carbocycles. The van der Waals surface area contributed by atoms with E-state index < -0.39 is 40.0 Å². The van der Waals surface area contributed by atoms with Crippen LogP contribution < -0.4 is 0 Å². The summed E-state index contributed by atoms with van der Waals surface area (Å²) in [5, 5.41) is 0.0523. The molecule has 216 valence electrons. The maximum absolute atomic E-state index is 15.6. The zero-order valence-corrected chi connectivity index (χ0v) is 24.0. The van der Waals surface area contributed by atoms with Gasteiger partial charge in [0.15, 0.2) is 5.76 Å². The molecular weight excluding hydrogens is 594 g/mol. The number of benzene rings is 2. The fourth-order valence-corrected chi connectivity index (χ4v) is 6.80. The number of hydrogen-bond donors (Lipinski definition) is 0. The average Bonchev–Trinajstić information content (AvgIpc) is 3.74. The highest BCUT2D eigenvalue weighted by Crippen LogP contribution is 2.66. The summed E-state index contributed by atoms with van der Waals surface area (Å²) in [6, 6.07) is 19.3. The molecule has 42 heavy (non-hydrogen) atoms. The highest BCUT2D eigenvalue weighted by Gasteiger charge is 2.80. The summed E-state index contributed by atoms with van der Waals surface area (Å²) >= 11 is 3.02. The summed E-state index contributed by atoms with van der Waals surface area (Å²) in [6.07, 6.45) is 0.822. The van der Waals surface area contributed by atoms with Gasteiger partial charge in [0, 0.05) is 47.7 Å². The van der Waals surface area contributed by atoms with Gasteiger partial charge in [-0.3, -0.25) is 0 Å². The molecule has 6 aromatic rings. The topological polar surface area (TPSA) is 26.3 Å². The second kappa shape index (κ2) is 9.91. The predicted octanol–water partition coefficient (Wildman–Crippen LogP) is 11.4. The number of hydrogen-bond acceptors (Lipinski definition) is 4. The minimum atomic E-state index is -5.69. The number of allylic oxidation sites excluding steroid dienone is 2. The van der Waals surface area contributed by atoms with Crippen LogP contribution >= 0.6 is 22.7 Å². The van der Waals surface area contributed by atoms with Gasteiger partial charge in [0.05, 0.1) is 11.1 Å². The van der Waals surface area contributed by atoms with Gasteiger partial charge in [-0.1, -0.05) is 36.4 Å². The van der Waals surface area contributed by atoms with Crippen LogP contribution in [0.3, 0.4) is 0 Å². The molecule has 2 nitrogen and oxygen atoms in total. The molecule has 0 N–H and O–H groups in total. The summed E-state index contributed by atoms with van der Waals surface area (Å²) in [6.45, 7) is 6.01. The van der Waals surface area contributed by atoms with E-state index in [1.54, 1.807) is 31.2 Å². The van der Waals surface area contributed by atoms with E-state index in [9.17, 15) is 8.78 Å². The number of para-hydroxylation sites is 2. The van der Waals surface area contributed by atoms with Crippen molar-refractivity contribution in [2.45, 2.75) is 38.5 Å². The van der Waals surface area contributed by atoms with E-state index in [0.717, 1.165) is 11.1 Å². The summed E-state index contributed by atoms with van der Waals surface area (Å²) in [4.78, 5) is 3.96. The van der Waals surface area contributed by atoms with Crippen molar-refractivity contribution in [1.29, 1.82) is 0 Å². The first kappa shape index (κ1) is 28.4. The molecular formula is C32H22F6O2S2. The first-order valence-corrected chi connectivity index (χ1v) is 14.4. The molecule has 10 heteroatoms. The van der Waals surface area contributed by atoms with Gasteiger partial charge in [0.1, 0.15) is 11.2 Å². The van der Waals surface area contributed by atoms with Gasteiger partial charge in [-0.05, 0) is 57.2 Å². The summed E-state index contributed by atoms with van der Waals surface area (Å²) in [5.74, 6) is -16.3. The Balaban J connectivity index is 0.000000397. The summed E-state index contributed by atoms with van der Waals surface area (Å²) in [5.41, 5.74) is -3.72. The van der Waals surface area contributed by atoms with E-state index in [2.05, 4.69) is 26.0 Å². The third-order valence-electron chi connectivity index (χ3n) is 7.10. The number of aryl methyl sites for hydroxylation is 3. The Morgan fingerprint density at radius 3 is 1.74 bits per heavy atom.